The van der Waals surface area contributed by atoms with Crippen LogP contribution in [-0.4, -0.2) is 33.5 Å². The van der Waals surface area contributed by atoms with Crippen LogP contribution in [-0.2, 0) is 10.0 Å². The molecule has 29 heavy (non-hydrogen) atoms. The van der Waals surface area contributed by atoms with Crippen molar-refractivity contribution in [2.24, 2.45) is 0 Å². The van der Waals surface area contributed by atoms with Crippen molar-refractivity contribution in [2.75, 3.05) is 20.8 Å². The summed E-state index contributed by atoms with van der Waals surface area (Å²) in [4.78, 5) is 0.232. The zero-order chi connectivity index (χ0) is 21.6. The Bertz CT molecular complexity index is 985. The Morgan fingerprint density at radius 1 is 1.14 bits per heavy atom. The Morgan fingerprint density at radius 2 is 1.72 bits per heavy atom. The van der Waals surface area contributed by atoms with Crippen LogP contribution < -0.4 is 9.47 Å². The van der Waals surface area contributed by atoms with Gasteiger partial charge in [-0.2, -0.15) is 4.31 Å². The molecule has 2 rings (SSSR count). The van der Waals surface area contributed by atoms with Gasteiger partial charge in [0.2, 0.25) is 10.0 Å². The minimum Gasteiger partial charge on any atom is -0.493 e. The highest BCUT2D eigenvalue weighted by Gasteiger charge is 2.32. The fourth-order valence-electron chi connectivity index (χ4n) is 2.91. The van der Waals surface area contributed by atoms with Crippen molar-refractivity contribution in [1.82, 2.24) is 4.31 Å². The summed E-state index contributed by atoms with van der Waals surface area (Å²) in [6.45, 7) is 7.87. The molecule has 2 aromatic carbocycles. The van der Waals surface area contributed by atoms with Crippen LogP contribution >= 0.6 is 15.9 Å². The fraction of sp³-hybridized carbons (Fsp3) is 0.273. The molecule has 0 fully saturated rings. The van der Waals surface area contributed by atoms with Crippen molar-refractivity contribution < 1.29 is 17.9 Å². The monoisotopic (exact) mass is 479 g/mol. The molecule has 1 atom stereocenters. The molecular weight excluding hydrogens is 454 g/mol. The van der Waals surface area contributed by atoms with E-state index in [-0.39, 0.29) is 11.4 Å². The summed E-state index contributed by atoms with van der Waals surface area (Å²) in [5.74, 6) is 1.06. The largest absolute Gasteiger partial charge is 0.493 e. The maximum absolute atomic E-state index is 13.5. The molecule has 0 heterocycles. The zero-order valence-corrected chi connectivity index (χ0v) is 19.5. The Hall–Kier alpha value is -2.09. The Morgan fingerprint density at radius 3 is 2.24 bits per heavy atom. The van der Waals surface area contributed by atoms with Gasteiger partial charge < -0.3 is 9.47 Å². The van der Waals surface area contributed by atoms with Gasteiger partial charge in [-0.25, -0.2) is 8.42 Å². The van der Waals surface area contributed by atoms with E-state index in [1.165, 1.54) is 4.31 Å². The normalized spacial score (nSPS) is 12.9. The zero-order valence-electron chi connectivity index (χ0n) is 17.1. The first kappa shape index (κ1) is 23.2. The highest BCUT2D eigenvalue weighted by molar-refractivity contribution is 9.10. The van der Waals surface area contributed by atoms with Gasteiger partial charge in [0.25, 0.3) is 0 Å². The lowest BCUT2D eigenvalue weighted by molar-refractivity contribution is 0.351. The minimum absolute atomic E-state index is 0.199. The molecule has 156 valence electrons. The Labute approximate surface area is 181 Å². The molecule has 5 nitrogen and oxygen atoms in total. The van der Waals surface area contributed by atoms with E-state index in [0.717, 1.165) is 5.56 Å². The second kappa shape index (κ2) is 10.1. The summed E-state index contributed by atoms with van der Waals surface area (Å²) in [5, 5.41) is 0. The lowest BCUT2D eigenvalue weighted by atomic mass is 10.1. The molecule has 0 bridgehead atoms. The first-order valence-electron chi connectivity index (χ1n) is 9.03. The van der Waals surface area contributed by atoms with Crippen LogP contribution in [0.5, 0.6) is 11.5 Å². The van der Waals surface area contributed by atoms with Gasteiger partial charge in [-0.15, -0.1) is 6.58 Å². The lowest BCUT2D eigenvalue weighted by Gasteiger charge is -2.29. The van der Waals surface area contributed by atoms with Gasteiger partial charge in [-0.05, 0) is 43.7 Å². The van der Waals surface area contributed by atoms with Crippen LogP contribution in [0.4, 0.5) is 0 Å². The lowest BCUT2D eigenvalue weighted by Crippen LogP contribution is -2.34. The first-order chi connectivity index (χ1) is 13.8. The van der Waals surface area contributed by atoms with Gasteiger partial charge in [-0.3, -0.25) is 0 Å². The van der Waals surface area contributed by atoms with E-state index >= 15 is 0 Å². The maximum atomic E-state index is 13.5. The molecule has 2 aromatic rings. The third kappa shape index (κ3) is 5.10. The molecule has 0 spiro atoms. The van der Waals surface area contributed by atoms with Crippen molar-refractivity contribution in [3.63, 3.8) is 0 Å². The highest BCUT2D eigenvalue weighted by atomic mass is 79.9. The van der Waals surface area contributed by atoms with Gasteiger partial charge >= 0.3 is 0 Å². The van der Waals surface area contributed by atoms with Gasteiger partial charge in [-0.1, -0.05) is 51.9 Å². The first-order valence-corrected chi connectivity index (χ1v) is 11.3. The molecule has 0 aliphatic heterocycles. The quantitative estimate of drug-likeness (QED) is 0.459. The number of aryl methyl sites for hydroxylation is 1. The summed E-state index contributed by atoms with van der Waals surface area (Å²) >= 11 is 3.54. The van der Waals surface area contributed by atoms with Crippen LogP contribution in [0.25, 0.3) is 0 Å². The van der Waals surface area contributed by atoms with Crippen molar-refractivity contribution >= 4 is 26.0 Å². The van der Waals surface area contributed by atoms with Crippen LogP contribution in [0.15, 0.2) is 70.6 Å². The summed E-state index contributed by atoms with van der Waals surface area (Å²) in [7, 11) is -0.692. The molecule has 0 saturated carbocycles. The Balaban J connectivity index is 2.63. The summed E-state index contributed by atoms with van der Waals surface area (Å²) in [5.41, 5.74) is 1.70. The van der Waals surface area contributed by atoms with Gasteiger partial charge in [0.15, 0.2) is 11.5 Å². The van der Waals surface area contributed by atoms with Gasteiger partial charge in [0.1, 0.15) is 0 Å². The summed E-state index contributed by atoms with van der Waals surface area (Å²) in [6.07, 6.45) is 5.24. The number of allylic oxidation sites excluding steroid dienone is 1. The van der Waals surface area contributed by atoms with E-state index in [4.69, 9.17) is 9.47 Å². The highest BCUT2D eigenvalue weighted by Crippen LogP contribution is 2.39. The number of nitrogens with zero attached hydrogens (tertiary/aromatic N) is 1. The van der Waals surface area contributed by atoms with Gasteiger partial charge in [0.05, 0.1) is 25.2 Å². The van der Waals surface area contributed by atoms with Crippen LogP contribution in [0, 0.1) is 6.92 Å². The molecule has 0 aliphatic rings. The number of hydrogen-bond donors (Lipinski definition) is 0. The van der Waals surface area contributed by atoms with E-state index < -0.39 is 16.1 Å². The van der Waals surface area contributed by atoms with Crippen molar-refractivity contribution in [1.29, 1.82) is 0 Å². The molecule has 1 unspecified atom stereocenters. The topological polar surface area (TPSA) is 55.8 Å². The van der Waals surface area contributed by atoms with E-state index in [1.807, 2.05) is 19.9 Å². The maximum Gasteiger partial charge on any atom is 0.244 e. The number of hydrogen-bond acceptors (Lipinski definition) is 4. The van der Waals surface area contributed by atoms with Crippen molar-refractivity contribution in [3.05, 3.63) is 76.8 Å². The average molecular weight is 480 g/mol. The second-order valence-corrected chi connectivity index (χ2v) is 9.11. The van der Waals surface area contributed by atoms with E-state index in [9.17, 15) is 8.42 Å². The number of halogens is 1. The Kier molecular flexibility index (Phi) is 8.07. The molecule has 0 N–H and O–H groups in total. The summed E-state index contributed by atoms with van der Waals surface area (Å²) < 4.78 is 39.8. The summed E-state index contributed by atoms with van der Waals surface area (Å²) in [6, 6.07) is 9.73. The van der Waals surface area contributed by atoms with Crippen LogP contribution in [0.1, 0.15) is 24.1 Å². The molecule has 0 radical (unpaired) electrons. The third-order valence-corrected chi connectivity index (χ3v) is 7.05. The van der Waals surface area contributed by atoms with E-state index in [2.05, 4.69) is 22.5 Å². The number of benzene rings is 2. The molecular formula is C22H26BrNO4S. The van der Waals surface area contributed by atoms with Gasteiger partial charge in [0, 0.05) is 11.0 Å². The minimum atomic E-state index is -3.78. The molecule has 0 aliphatic carbocycles. The molecule has 0 aromatic heterocycles. The number of ether oxygens (including phenoxy) is 2. The van der Waals surface area contributed by atoms with Crippen LogP contribution in [0.3, 0.4) is 0 Å². The average Bonchev–Trinajstić information content (AvgIpc) is 2.71. The predicted octanol–water partition coefficient (Wildman–Crippen LogP) is 5.27. The SMILES string of the molecule is C=CC(c1cc(OC)c(OC)cc1Br)N(C/C=C\C)S(=O)(=O)c1ccc(C)cc1. The van der Waals surface area contributed by atoms with Crippen molar-refractivity contribution in [3.8, 4) is 11.5 Å². The number of sulfonamides is 1. The van der Waals surface area contributed by atoms with E-state index in [1.54, 1.807) is 62.8 Å². The van der Waals surface area contributed by atoms with Crippen molar-refractivity contribution in [2.45, 2.75) is 24.8 Å². The third-order valence-electron chi connectivity index (χ3n) is 4.50. The molecule has 0 saturated heterocycles. The number of methoxy groups -OCH3 is 2. The predicted molar refractivity (Wildman–Crippen MR) is 120 cm³/mol. The second-order valence-electron chi connectivity index (χ2n) is 6.37. The van der Waals surface area contributed by atoms with Crippen LogP contribution in [0.2, 0.25) is 0 Å². The smallest absolute Gasteiger partial charge is 0.244 e. The standard InChI is InChI=1S/C22H26BrNO4S/c1-6-8-13-24(29(25,26)17-11-9-16(3)10-12-17)20(7-2)18-14-21(27-4)22(28-5)15-19(18)23/h6-12,14-15,20H,2,13H2,1,3-5H3/b8-6-. The molecule has 0 amide bonds. The number of rotatable bonds is 9. The fourth-order valence-corrected chi connectivity index (χ4v) is 5.00. The molecule has 7 heteroatoms. The van der Waals surface area contributed by atoms with E-state index in [0.29, 0.717) is 21.5 Å².